The Morgan fingerprint density at radius 1 is 1.42 bits per heavy atom. The Kier molecular flexibility index (Phi) is 6.73. The molecule has 0 aliphatic heterocycles. The molecule has 0 radical (unpaired) electrons. The third-order valence-corrected chi connectivity index (χ3v) is 4.28. The second-order valence-corrected chi connectivity index (χ2v) is 6.95. The molecule has 0 atom stereocenters. The van der Waals surface area contributed by atoms with Crippen LogP contribution in [0, 0.1) is 2.88 Å². The van der Waals surface area contributed by atoms with Crippen molar-refractivity contribution in [3.05, 3.63) is 19.9 Å². The van der Waals surface area contributed by atoms with E-state index in [0.29, 0.717) is 18.7 Å². The highest BCUT2D eigenvalue weighted by molar-refractivity contribution is 14.1. The van der Waals surface area contributed by atoms with Gasteiger partial charge in [0.1, 0.15) is 6.54 Å². The fraction of sp³-hybridized carbons (Fsp3) is 0.500. The van der Waals surface area contributed by atoms with Crippen LogP contribution in [0.15, 0.2) is 11.4 Å². The van der Waals surface area contributed by atoms with Crippen LogP contribution >= 0.6 is 33.9 Å². The minimum atomic E-state index is -0.133. The summed E-state index contributed by atoms with van der Waals surface area (Å²) in [5.41, 5.74) is 0.622. The summed E-state index contributed by atoms with van der Waals surface area (Å²) in [6, 6.07) is 1.83. The van der Waals surface area contributed by atoms with Gasteiger partial charge in [0.15, 0.2) is 0 Å². The molecule has 0 saturated carbocycles. The molecule has 7 heteroatoms. The number of thiophene rings is 1. The smallest absolute Gasteiger partial charge is 0.255 e. The van der Waals surface area contributed by atoms with Crippen molar-refractivity contribution in [2.45, 2.75) is 0 Å². The van der Waals surface area contributed by atoms with E-state index in [0.717, 1.165) is 2.88 Å². The van der Waals surface area contributed by atoms with Crippen LogP contribution in [0.3, 0.4) is 0 Å². The molecule has 5 nitrogen and oxygen atoms in total. The lowest BCUT2D eigenvalue weighted by Gasteiger charge is -2.23. The molecule has 1 aromatic rings. The Bertz CT molecular complexity index is 448. The van der Waals surface area contributed by atoms with Crippen LogP contribution in [0.4, 0.5) is 0 Å². The fourth-order valence-electron chi connectivity index (χ4n) is 1.36. The molecule has 1 rings (SSSR count). The van der Waals surface area contributed by atoms with Gasteiger partial charge in [-0.1, -0.05) is 0 Å². The van der Waals surface area contributed by atoms with E-state index in [1.165, 1.54) is 21.1 Å². The minimum Gasteiger partial charge on any atom is -0.383 e. The number of nitrogens with zero attached hydrogens (tertiary/aromatic N) is 2. The number of hydrogen-bond acceptors (Lipinski definition) is 4. The van der Waals surface area contributed by atoms with Crippen molar-refractivity contribution < 1.29 is 14.3 Å². The maximum Gasteiger partial charge on any atom is 0.255 e. The van der Waals surface area contributed by atoms with Crippen LogP contribution in [-0.4, -0.2) is 62.5 Å². The van der Waals surface area contributed by atoms with Gasteiger partial charge in [0.05, 0.1) is 15.1 Å². The van der Waals surface area contributed by atoms with Gasteiger partial charge >= 0.3 is 0 Å². The number of carbonyl (C=O) groups excluding carboxylic acids is 2. The van der Waals surface area contributed by atoms with E-state index in [4.69, 9.17) is 4.74 Å². The van der Waals surface area contributed by atoms with Gasteiger partial charge in [-0.15, -0.1) is 11.3 Å². The average molecular weight is 396 g/mol. The van der Waals surface area contributed by atoms with Crippen LogP contribution in [0.1, 0.15) is 10.4 Å². The van der Waals surface area contributed by atoms with E-state index in [-0.39, 0.29) is 18.4 Å². The van der Waals surface area contributed by atoms with E-state index < -0.39 is 0 Å². The van der Waals surface area contributed by atoms with Gasteiger partial charge in [0.25, 0.3) is 5.91 Å². The summed E-state index contributed by atoms with van der Waals surface area (Å²) in [5, 5.41) is 1.81. The number of hydrogen-bond donors (Lipinski definition) is 0. The van der Waals surface area contributed by atoms with Gasteiger partial charge in [-0.25, -0.2) is 0 Å². The predicted octanol–water partition coefficient (Wildman–Crippen LogP) is 1.53. The zero-order chi connectivity index (χ0) is 14.4. The number of ether oxygens (including phenoxy) is 1. The lowest BCUT2D eigenvalue weighted by atomic mass is 10.3. The number of likely N-dealkylation sites (N-methyl/N-ethyl adjacent to an activating group) is 1. The zero-order valence-corrected chi connectivity index (χ0v) is 14.2. The summed E-state index contributed by atoms with van der Waals surface area (Å²) in [7, 11) is 4.92. The van der Waals surface area contributed by atoms with Crippen molar-refractivity contribution in [2.75, 3.05) is 40.9 Å². The van der Waals surface area contributed by atoms with Gasteiger partial charge < -0.3 is 14.5 Å². The summed E-state index contributed by atoms with van der Waals surface area (Å²) in [5.74, 6) is -0.235. The molecule has 0 spiro atoms. The number of rotatable bonds is 6. The average Bonchev–Trinajstić information content (AvgIpc) is 2.79. The monoisotopic (exact) mass is 396 g/mol. The first-order valence-corrected chi connectivity index (χ1v) is 7.64. The second kappa shape index (κ2) is 7.81. The van der Waals surface area contributed by atoms with Crippen LogP contribution in [0.2, 0.25) is 0 Å². The molecule has 106 valence electrons. The molecule has 1 heterocycles. The number of halogens is 1. The first kappa shape index (κ1) is 16.4. The van der Waals surface area contributed by atoms with Gasteiger partial charge in [-0.3, -0.25) is 9.59 Å². The van der Waals surface area contributed by atoms with Gasteiger partial charge in [0.2, 0.25) is 5.91 Å². The Morgan fingerprint density at radius 3 is 2.58 bits per heavy atom. The molecule has 0 unspecified atom stereocenters. The molecular formula is C12H17IN2O3S. The zero-order valence-electron chi connectivity index (χ0n) is 11.2. The summed E-state index contributed by atoms with van der Waals surface area (Å²) in [6.07, 6.45) is 0. The maximum absolute atomic E-state index is 12.3. The highest BCUT2D eigenvalue weighted by Gasteiger charge is 2.20. The molecule has 0 aliphatic carbocycles. The van der Waals surface area contributed by atoms with Crippen LogP contribution < -0.4 is 0 Å². The molecule has 0 aliphatic rings. The quantitative estimate of drug-likeness (QED) is 0.686. The highest BCUT2D eigenvalue weighted by atomic mass is 127. The third-order valence-electron chi connectivity index (χ3n) is 2.49. The number of methoxy groups -OCH3 is 1. The lowest BCUT2D eigenvalue weighted by molar-refractivity contribution is -0.129. The van der Waals surface area contributed by atoms with E-state index >= 15 is 0 Å². The van der Waals surface area contributed by atoms with Gasteiger partial charge in [-0.05, 0) is 28.7 Å². The van der Waals surface area contributed by atoms with Crippen molar-refractivity contribution in [3.8, 4) is 0 Å². The predicted molar refractivity (Wildman–Crippen MR) is 83.5 cm³/mol. The van der Waals surface area contributed by atoms with Crippen LogP contribution in [0.5, 0.6) is 0 Å². The first-order chi connectivity index (χ1) is 8.95. The normalized spacial score (nSPS) is 10.3. The molecule has 0 saturated heterocycles. The summed E-state index contributed by atoms with van der Waals surface area (Å²) in [4.78, 5) is 27.1. The number of amides is 2. The summed E-state index contributed by atoms with van der Waals surface area (Å²) >= 11 is 3.68. The van der Waals surface area contributed by atoms with Crippen molar-refractivity contribution in [3.63, 3.8) is 0 Å². The Morgan fingerprint density at radius 2 is 2.11 bits per heavy atom. The first-order valence-electron chi connectivity index (χ1n) is 5.68. The SMILES string of the molecule is COCCN(CC(=O)N(C)C)C(=O)c1csc(I)c1. The summed E-state index contributed by atoms with van der Waals surface area (Å²) < 4.78 is 6.04. The maximum atomic E-state index is 12.3. The van der Waals surface area contributed by atoms with Crippen LogP contribution in [0.25, 0.3) is 0 Å². The molecule has 2 amide bonds. The molecule has 0 fully saturated rings. The largest absolute Gasteiger partial charge is 0.383 e. The second-order valence-electron chi connectivity index (χ2n) is 4.15. The van der Waals surface area contributed by atoms with E-state index in [2.05, 4.69) is 22.6 Å². The van der Waals surface area contributed by atoms with Crippen molar-refractivity contribution in [2.24, 2.45) is 0 Å². The Balaban J connectivity index is 2.78. The fourth-order valence-corrected chi connectivity index (χ4v) is 2.68. The molecule has 0 aromatic carbocycles. The summed E-state index contributed by atoms with van der Waals surface area (Å²) in [6.45, 7) is 0.886. The van der Waals surface area contributed by atoms with E-state index in [1.807, 2.05) is 11.4 Å². The molecule has 19 heavy (non-hydrogen) atoms. The Labute approximate surface area is 130 Å². The number of carbonyl (C=O) groups is 2. The van der Waals surface area contributed by atoms with E-state index in [9.17, 15) is 9.59 Å². The van der Waals surface area contributed by atoms with E-state index in [1.54, 1.807) is 21.2 Å². The molecule has 0 N–H and O–H groups in total. The highest BCUT2D eigenvalue weighted by Crippen LogP contribution is 2.18. The minimum absolute atomic E-state index is 0.0711. The molecule has 1 aromatic heterocycles. The lowest BCUT2D eigenvalue weighted by Crippen LogP contribution is -2.41. The standard InChI is InChI=1S/C12H17IN2O3S/c1-14(2)11(16)7-15(4-5-18-3)12(17)9-6-10(13)19-8-9/h6,8H,4-5,7H2,1-3H3. The third kappa shape index (κ3) is 5.07. The van der Waals surface area contributed by atoms with Crippen molar-refractivity contribution in [1.82, 2.24) is 9.80 Å². The molecular weight excluding hydrogens is 379 g/mol. The molecule has 0 bridgehead atoms. The van der Waals surface area contributed by atoms with Crippen molar-refractivity contribution in [1.29, 1.82) is 0 Å². The van der Waals surface area contributed by atoms with Gasteiger partial charge in [0, 0.05) is 33.1 Å². The Hall–Kier alpha value is -0.670. The van der Waals surface area contributed by atoms with Crippen LogP contribution in [-0.2, 0) is 9.53 Å². The van der Waals surface area contributed by atoms with Gasteiger partial charge in [-0.2, -0.15) is 0 Å². The topological polar surface area (TPSA) is 49.9 Å². The van der Waals surface area contributed by atoms with Crippen molar-refractivity contribution >= 4 is 45.7 Å².